The minimum Gasteiger partial charge on any atom is -0.478 e. The van der Waals surface area contributed by atoms with E-state index in [1.165, 1.54) is 0 Å². The minimum absolute atomic E-state index is 0.0422. The number of thioether (sulfide) groups is 1. The van der Waals surface area contributed by atoms with Gasteiger partial charge in [0, 0.05) is 41.2 Å². The van der Waals surface area contributed by atoms with Crippen LogP contribution in [-0.4, -0.2) is 39.9 Å². The molecule has 1 aliphatic rings. The Bertz CT molecular complexity index is 1660. The summed E-state index contributed by atoms with van der Waals surface area (Å²) in [6, 6.07) is 28.7. The number of ether oxygens (including phenoxy) is 2. The lowest BCUT2D eigenvalue weighted by molar-refractivity contribution is -0.245. The number of benzene rings is 4. The Morgan fingerprint density at radius 1 is 0.809 bits per heavy atom. The third-order valence-corrected chi connectivity index (χ3v) is 8.81. The largest absolute Gasteiger partial charge is 0.478 e. The van der Waals surface area contributed by atoms with Crippen molar-refractivity contribution in [3.05, 3.63) is 119 Å². The number of aromatic carboxylic acids is 1. The van der Waals surface area contributed by atoms with Gasteiger partial charge in [0.15, 0.2) is 6.29 Å². The summed E-state index contributed by atoms with van der Waals surface area (Å²) in [4.78, 5) is 37.0. The first-order chi connectivity index (χ1) is 22.8. The normalized spacial score (nSPS) is 17.5. The van der Waals surface area contributed by atoms with Gasteiger partial charge in [0.05, 0.1) is 35.8 Å². The highest BCUT2D eigenvalue weighted by atomic mass is 32.2. The molecule has 4 aromatic rings. The number of para-hydroxylation sites is 2. The first kappa shape index (κ1) is 33.7. The summed E-state index contributed by atoms with van der Waals surface area (Å²) in [5.74, 6) is -0.743. The molecule has 244 valence electrons. The van der Waals surface area contributed by atoms with Gasteiger partial charge >= 0.3 is 5.97 Å². The topological polar surface area (TPSA) is 160 Å². The number of carbonyl (C=O) groups excluding carboxylic acids is 2. The number of anilines is 3. The summed E-state index contributed by atoms with van der Waals surface area (Å²) in [6.45, 7) is -0.0422. The molecule has 0 saturated carbocycles. The van der Waals surface area contributed by atoms with Gasteiger partial charge in [-0.1, -0.05) is 48.5 Å². The molecule has 0 spiro atoms. The molecule has 1 fully saturated rings. The lowest BCUT2D eigenvalue weighted by atomic mass is 10.0. The van der Waals surface area contributed by atoms with Crippen molar-refractivity contribution in [2.75, 3.05) is 22.1 Å². The van der Waals surface area contributed by atoms with Crippen molar-refractivity contribution in [2.24, 2.45) is 0 Å². The smallest absolute Gasteiger partial charge is 0.335 e. The highest BCUT2D eigenvalue weighted by molar-refractivity contribution is 7.99. The Hall–Kier alpha value is -4.68. The SMILES string of the molecule is Nc1ccccc1NC(=O)CCCC(=O)Nc1ccc([C@@H]2O[C@H](CSc3ccc(C(=O)O)cc3)C[C@H](c3ccc(CO)cc3)O2)cc1. The fraction of sp³-hybridized carbons (Fsp3) is 0.250. The second-order valence-corrected chi connectivity index (χ2v) is 12.2. The van der Waals surface area contributed by atoms with Crippen LogP contribution in [0.5, 0.6) is 0 Å². The highest BCUT2D eigenvalue weighted by Crippen LogP contribution is 2.39. The van der Waals surface area contributed by atoms with E-state index in [9.17, 15) is 24.6 Å². The van der Waals surface area contributed by atoms with Crippen molar-refractivity contribution in [2.45, 2.75) is 55.7 Å². The molecule has 5 rings (SSSR count). The van der Waals surface area contributed by atoms with Crippen LogP contribution in [0, 0.1) is 0 Å². The molecule has 0 unspecified atom stereocenters. The predicted octanol–water partition coefficient (Wildman–Crippen LogP) is 6.54. The standard InChI is InChI=1S/C36H37N3O7S/c37-30-4-1-2-5-31(30)39-34(42)7-3-6-33(41)38-27-16-12-26(13-17-27)36-45-28(22-47-29-18-14-25(15-19-29)35(43)44)20-32(46-36)24-10-8-23(21-40)9-11-24/h1-2,4-5,8-19,28,32,36,40H,3,6-7,20-22,37H2,(H,38,41)(H,39,42)(H,43,44)/t28-,32+,36+/m0/s1. The van der Waals surface area contributed by atoms with E-state index in [0.717, 1.165) is 21.6 Å². The van der Waals surface area contributed by atoms with Crippen LogP contribution in [-0.2, 0) is 25.7 Å². The number of carboxylic acid groups (broad SMARTS) is 1. The predicted molar refractivity (Wildman–Crippen MR) is 181 cm³/mol. The van der Waals surface area contributed by atoms with Gasteiger partial charge < -0.3 is 36.1 Å². The summed E-state index contributed by atoms with van der Waals surface area (Å²) in [5, 5.41) is 24.3. The molecule has 3 atom stereocenters. The summed E-state index contributed by atoms with van der Waals surface area (Å²) in [7, 11) is 0. The Kier molecular flexibility index (Phi) is 11.6. The maximum absolute atomic E-state index is 12.6. The van der Waals surface area contributed by atoms with Gasteiger partial charge in [-0.25, -0.2) is 4.79 Å². The van der Waals surface area contributed by atoms with Gasteiger partial charge in [-0.3, -0.25) is 9.59 Å². The third-order valence-electron chi connectivity index (χ3n) is 7.66. The zero-order valence-electron chi connectivity index (χ0n) is 25.6. The molecule has 2 amide bonds. The Morgan fingerprint density at radius 3 is 2.13 bits per heavy atom. The third kappa shape index (κ3) is 9.66. The number of nitrogen functional groups attached to an aromatic ring is 1. The molecule has 1 saturated heterocycles. The van der Waals surface area contributed by atoms with Crippen LogP contribution in [0.25, 0.3) is 0 Å². The quantitative estimate of drug-likeness (QED) is 0.0795. The van der Waals surface area contributed by atoms with Crippen LogP contribution in [0.15, 0.2) is 102 Å². The molecule has 4 aromatic carbocycles. The molecule has 1 heterocycles. The summed E-state index contributed by atoms with van der Waals surface area (Å²) in [6.07, 6.45) is 0.285. The van der Waals surface area contributed by atoms with Gasteiger partial charge in [-0.05, 0) is 66.1 Å². The number of amides is 2. The maximum atomic E-state index is 12.6. The molecule has 0 bridgehead atoms. The number of nitrogens with two attached hydrogens (primary N) is 1. The zero-order valence-corrected chi connectivity index (χ0v) is 26.5. The molecule has 47 heavy (non-hydrogen) atoms. The number of carbonyl (C=O) groups is 3. The Balaban J connectivity index is 1.17. The van der Waals surface area contributed by atoms with E-state index in [2.05, 4.69) is 10.6 Å². The maximum Gasteiger partial charge on any atom is 0.335 e. The van der Waals surface area contributed by atoms with E-state index < -0.39 is 12.3 Å². The van der Waals surface area contributed by atoms with E-state index in [1.54, 1.807) is 72.4 Å². The van der Waals surface area contributed by atoms with Crippen LogP contribution in [0.1, 0.15) is 65.1 Å². The molecule has 0 aromatic heterocycles. The summed E-state index contributed by atoms with van der Waals surface area (Å²) in [5.41, 5.74) is 10.3. The number of nitrogens with one attached hydrogen (secondary N) is 2. The number of aliphatic hydroxyl groups is 1. The second kappa shape index (κ2) is 16.2. The average Bonchev–Trinajstić information content (AvgIpc) is 3.09. The monoisotopic (exact) mass is 655 g/mol. The molecule has 0 radical (unpaired) electrons. The van der Waals surface area contributed by atoms with Crippen molar-refractivity contribution in [3.63, 3.8) is 0 Å². The number of carboxylic acids is 1. The highest BCUT2D eigenvalue weighted by Gasteiger charge is 2.32. The van der Waals surface area contributed by atoms with Crippen LogP contribution < -0.4 is 16.4 Å². The Morgan fingerprint density at radius 2 is 1.47 bits per heavy atom. The van der Waals surface area contributed by atoms with E-state index in [1.807, 2.05) is 36.4 Å². The number of rotatable bonds is 13. The van der Waals surface area contributed by atoms with E-state index in [4.69, 9.17) is 15.2 Å². The second-order valence-electron chi connectivity index (χ2n) is 11.1. The van der Waals surface area contributed by atoms with Gasteiger partial charge in [0.25, 0.3) is 0 Å². The summed E-state index contributed by atoms with van der Waals surface area (Å²) < 4.78 is 12.8. The van der Waals surface area contributed by atoms with Crippen LogP contribution in [0.4, 0.5) is 17.1 Å². The fourth-order valence-electron chi connectivity index (χ4n) is 5.09. The average molecular weight is 656 g/mol. The van der Waals surface area contributed by atoms with Crippen LogP contribution >= 0.6 is 11.8 Å². The molecule has 1 aliphatic heterocycles. The van der Waals surface area contributed by atoms with Gasteiger partial charge in [-0.15, -0.1) is 11.8 Å². The summed E-state index contributed by atoms with van der Waals surface area (Å²) >= 11 is 1.58. The van der Waals surface area contributed by atoms with E-state index in [0.29, 0.717) is 35.7 Å². The van der Waals surface area contributed by atoms with Crippen molar-refractivity contribution >= 4 is 46.6 Å². The minimum atomic E-state index is -0.965. The van der Waals surface area contributed by atoms with Gasteiger partial charge in [-0.2, -0.15) is 0 Å². The lowest BCUT2D eigenvalue weighted by Gasteiger charge is -2.36. The van der Waals surface area contributed by atoms with Gasteiger partial charge in [0.1, 0.15) is 0 Å². The molecular weight excluding hydrogens is 618 g/mol. The first-order valence-electron chi connectivity index (χ1n) is 15.3. The fourth-order valence-corrected chi connectivity index (χ4v) is 6.01. The van der Waals surface area contributed by atoms with Crippen LogP contribution in [0.2, 0.25) is 0 Å². The number of hydrogen-bond acceptors (Lipinski definition) is 8. The molecular formula is C36H37N3O7S. The molecule has 10 nitrogen and oxygen atoms in total. The van der Waals surface area contributed by atoms with E-state index in [-0.39, 0.29) is 49.0 Å². The zero-order chi connectivity index (χ0) is 33.2. The lowest BCUT2D eigenvalue weighted by Crippen LogP contribution is -2.31. The van der Waals surface area contributed by atoms with Gasteiger partial charge in [0.2, 0.25) is 11.8 Å². The van der Waals surface area contributed by atoms with Crippen molar-refractivity contribution in [1.29, 1.82) is 0 Å². The number of aliphatic hydroxyl groups excluding tert-OH is 1. The molecule has 6 N–H and O–H groups in total. The Labute approximate surface area is 277 Å². The van der Waals surface area contributed by atoms with Crippen molar-refractivity contribution in [3.8, 4) is 0 Å². The molecule has 11 heteroatoms. The van der Waals surface area contributed by atoms with Crippen molar-refractivity contribution < 1.29 is 34.1 Å². The first-order valence-corrected chi connectivity index (χ1v) is 16.3. The van der Waals surface area contributed by atoms with E-state index >= 15 is 0 Å². The molecule has 0 aliphatic carbocycles. The number of hydrogen-bond donors (Lipinski definition) is 5. The van der Waals surface area contributed by atoms with Crippen LogP contribution in [0.3, 0.4) is 0 Å². The van der Waals surface area contributed by atoms with Crippen molar-refractivity contribution in [1.82, 2.24) is 0 Å².